The average Bonchev–Trinajstić information content (AvgIpc) is 2.97. The topological polar surface area (TPSA) is 204 Å². The van der Waals surface area contributed by atoms with Crippen molar-refractivity contribution >= 4 is 50.3 Å². The summed E-state index contributed by atoms with van der Waals surface area (Å²) in [7, 11) is -4.76. The van der Waals surface area contributed by atoms with Crippen LogP contribution in [0.5, 0.6) is 0 Å². The normalized spacial score (nSPS) is 19.8. The van der Waals surface area contributed by atoms with E-state index in [4.69, 9.17) is 15.1 Å². The Morgan fingerprint density at radius 2 is 2.07 bits per heavy atom. The summed E-state index contributed by atoms with van der Waals surface area (Å²) in [5.74, 6) is -3.66. The van der Waals surface area contributed by atoms with Gasteiger partial charge in [0, 0.05) is 5.38 Å². The molecular formula is C13H16N5NaO8S2. The molecule has 0 aromatic carbocycles. The van der Waals surface area contributed by atoms with E-state index in [0.717, 1.165) is 25.2 Å². The van der Waals surface area contributed by atoms with Crippen LogP contribution >= 0.6 is 11.3 Å². The van der Waals surface area contributed by atoms with Gasteiger partial charge < -0.3 is 25.8 Å². The van der Waals surface area contributed by atoms with Crippen LogP contribution in [0.25, 0.3) is 0 Å². The number of nitrogens with zero attached hydrogens (tertiary/aromatic N) is 3. The number of amides is 2. The van der Waals surface area contributed by atoms with Crippen molar-refractivity contribution < 1.29 is 66.9 Å². The van der Waals surface area contributed by atoms with E-state index in [1.807, 2.05) is 0 Å². The predicted octanol–water partition coefficient (Wildman–Crippen LogP) is -5.50. The molecule has 1 aliphatic heterocycles. The first-order valence-electron chi connectivity index (χ1n) is 7.56. The van der Waals surface area contributed by atoms with Crippen LogP contribution in [-0.4, -0.2) is 63.4 Å². The summed E-state index contributed by atoms with van der Waals surface area (Å²) in [5, 5.41) is 18.2. The van der Waals surface area contributed by atoms with E-state index in [9.17, 15) is 27.9 Å². The number of aliphatic carboxylic acids is 1. The number of oxime groups is 1. The molecule has 4 N–H and O–H groups in total. The Balaban J connectivity index is 0.00000420. The molecule has 1 fully saturated rings. The van der Waals surface area contributed by atoms with Gasteiger partial charge in [-0.3, -0.25) is 14.1 Å². The minimum Gasteiger partial charge on any atom is -0.546 e. The second-order valence-corrected chi connectivity index (χ2v) is 8.38. The third-order valence-corrected chi connectivity index (χ3v) is 5.39. The van der Waals surface area contributed by atoms with Gasteiger partial charge in [-0.15, -0.1) is 11.3 Å². The zero-order chi connectivity index (χ0) is 21.4. The van der Waals surface area contributed by atoms with Gasteiger partial charge in [-0.25, -0.2) is 9.29 Å². The van der Waals surface area contributed by atoms with Crippen LogP contribution in [0.4, 0.5) is 5.13 Å². The van der Waals surface area contributed by atoms with Crippen LogP contribution < -0.4 is 45.7 Å². The molecule has 154 valence electrons. The number of nitrogen functional groups attached to an aromatic ring is 1. The van der Waals surface area contributed by atoms with Gasteiger partial charge in [-0.2, -0.15) is 8.42 Å². The number of carboxylic acids is 1. The van der Waals surface area contributed by atoms with Crippen molar-refractivity contribution in [3.8, 4) is 0 Å². The molecule has 1 saturated heterocycles. The van der Waals surface area contributed by atoms with Gasteiger partial charge in [0.15, 0.2) is 16.4 Å². The molecule has 2 amide bonds. The maximum absolute atomic E-state index is 12.5. The van der Waals surface area contributed by atoms with Crippen LogP contribution in [-0.2, 0) is 29.5 Å². The molecule has 1 aliphatic rings. The zero-order valence-electron chi connectivity index (χ0n) is 15.8. The molecule has 1 aromatic heterocycles. The SMILES string of the molecule is C[C@H]1[C@H](NC(=O)/C(=N\OC(C)(C)C(=O)[O-])c2csc(N)n2)C(=O)N1S(=O)(=O)O.[Na+]. The Morgan fingerprint density at radius 3 is 2.48 bits per heavy atom. The molecule has 0 aliphatic carbocycles. The van der Waals surface area contributed by atoms with Gasteiger partial charge in [-0.1, -0.05) is 5.16 Å². The average molecular weight is 457 g/mol. The van der Waals surface area contributed by atoms with Crippen molar-refractivity contribution in [2.24, 2.45) is 5.16 Å². The van der Waals surface area contributed by atoms with Gasteiger partial charge in [0.25, 0.3) is 11.8 Å². The Kier molecular flexibility index (Phi) is 7.78. The number of carbonyl (C=O) groups excluding carboxylic acids is 3. The van der Waals surface area contributed by atoms with E-state index < -0.39 is 51.5 Å². The maximum atomic E-state index is 12.5. The molecule has 0 bridgehead atoms. The van der Waals surface area contributed by atoms with E-state index in [1.165, 1.54) is 12.3 Å². The minimum atomic E-state index is -4.76. The number of carboxylic acid groups (broad SMARTS) is 1. The summed E-state index contributed by atoms with van der Waals surface area (Å²) in [6.07, 6.45) is 0. The molecule has 1 aromatic rings. The Labute approximate surface area is 191 Å². The Hall–Kier alpha value is -1.78. The number of thiazole rings is 1. The van der Waals surface area contributed by atoms with Gasteiger partial charge in [0.1, 0.15) is 11.7 Å². The molecule has 0 unspecified atom stereocenters. The summed E-state index contributed by atoms with van der Waals surface area (Å²) in [5.41, 5.74) is 3.09. The standard InChI is InChI=1S/C13H17N5O8S2.Na/c1-5-7(10(20)18(5)28(23,24)25)16-9(19)8(6-4-27-12(14)15-6)17-26-13(2,3)11(21)22;/h4-5,7H,1-3H3,(H2,14,15)(H,16,19)(H,21,22)(H,23,24,25);/q;+1/p-1/b17-8-;/t5-,7-;/m0./s1. The molecule has 2 atom stereocenters. The van der Waals surface area contributed by atoms with Crippen LogP contribution in [0.1, 0.15) is 26.5 Å². The third-order valence-electron chi connectivity index (χ3n) is 3.71. The smallest absolute Gasteiger partial charge is 0.546 e. The first-order chi connectivity index (χ1) is 12.8. The molecule has 0 saturated carbocycles. The number of carbonyl (C=O) groups is 3. The molecule has 2 heterocycles. The summed E-state index contributed by atoms with van der Waals surface area (Å²) >= 11 is 0.967. The molecule has 0 radical (unpaired) electrons. The number of β-lactam (4-membered cyclic amide) rings is 1. The van der Waals surface area contributed by atoms with Crippen molar-refractivity contribution in [2.45, 2.75) is 38.5 Å². The summed E-state index contributed by atoms with van der Waals surface area (Å²) in [6.45, 7) is 3.56. The fourth-order valence-electron chi connectivity index (χ4n) is 2.11. The van der Waals surface area contributed by atoms with Crippen molar-refractivity contribution in [3.63, 3.8) is 0 Å². The molecule has 0 spiro atoms. The van der Waals surface area contributed by atoms with E-state index in [0.29, 0.717) is 0 Å². The monoisotopic (exact) mass is 457 g/mol. The summed E-state index contributed by atoms with van der Waals surface area (Å²) < 4.78 is 31.4. The van der Waals surface area contributed by atoms with Gasteiger partial charge >= 0.3 is 39.9 Å². The Bertz CT molecular complexity index is 960. The number of aromatic nitrogens is 1. The van der Waals surface area contributed by atoms with Crippen molar-refractivity contribution in [1.82, 2.24) is 14.6 Å². The number of anilines is 1. The first-order valence-corrected chi connectivity index (χ1v) is 9.84. The maximum Gasteiger partial charge on any atom is 1.00 e. The van der Waals surface area contributed by atoms with Crippen LogP contribution in [0, 0.1) is 0 Å². The van der Waals surface area contributed by atoms with Crippen LogP contribution in [0.2, 0.25) is 0 Å². The fraction of sp³-hybridized carbons (Fsp3) is 0.462. The van der Waals surface area contributed by atoms with E-state index >= 15 is 0 Å². The summed E-state index contributed by atoms with van der Waals surface area (Å²) in [6, 6.07) is -2.33. The molecule has 29 heavy (non-hydrogen) atoms. The van der Waals surface area contributed by atoms with E-state index in [1.54, 1.807) is 0 Å². The predicted molar refractivity (Wildman–Crippen MR) is 93.0 cm³/mol. The number of rotatable bonds is 7. The third kappa shape index (κ3) is 5.43. The van der Waals surface area contributed by atoms with Crippen LogP contribution in [0.3, 0.4) is 0 Å². The fourth-order valence-corrected chi connectivity index (χ4v) is 3.54. The second kappa shape index (κ2) is 8.93. The van der Waals surface area contributed by atoms with Crippen molar-refractivity contribution in [1.29, 1.82) is 0 Å². The number of nitrogens with one attached hydrogen (secondary N) is 1. The zero-order valence-corrected chi connectivity index (χ0v) is 19.4. The van der Waals surface area contributed by atoms with Crippen molar-refractivity contribution in [3.05, 3.63) is 11.1 Å². The van der Waals surface area contributed by atoms with Crippen molar-refractivity contribution in [2.75, 3.05) is 5.73 Å². The van der Waals surface area contributed by atoms with E-state index in [2.05, 4.69) is 15.5 Å². The number of hydrogen-bond donors (Lipinski definition) is 3. The van der Waals surface area contributed by atoms with E-state index in [-0.39, 0.29) is 44.7 Å². The largest absolute Gasteiger partial charge is 1.00 e. The molecule has 13 nitrogen and oxygen atoms in total. The van der Waals surface area contributed by atoms with Gasteiger partial charge in [-0.05, 0) is 20.8 Å². The quantitative estimate of drug-likeness (QED) is 0.116. The first kappa shape index (κ1) is 25.3. The molecule has 2 rings (SSSR count). The minimum absolute atomic E-state index is 0. The van der Waals surface area contributed by atoms with Crippen LogP contribution in [0.15, 0.2) is 10.5 Å². The number of nitrogens with two attached hydrogens (primary N) is 1. The molecular weight excluding hydrogens is 441 g/mol. The second-order valence-electron chi connectivity index (χ2n) is 6.20. The Morgan fingerprint density at radius 1 is 1.48 bits per heavy atom. The molecule has 16 heteroatoms. The number of hydrogen-bond acceptors (Lipinski definition) is 11. The van der Waals surface area contributed by atoms with Gasteiger partial charge in [0.2, 0.25) is 0 Å². The van der Waals surface area contributed by atoms with Gasteiger partial charge in [0.05, 0.1) is 12.0 Å². The summed E-state index contributed by atoms with van der Waals surface area (Å²) in [4.78, 5) is 44.2.